The summed E-state index contributed by atoms with van der Waals surface area (Å²) in [4.78, 5) is 25.9. The molecular formula is C18H21NO4. The number of nitrogens with zero attached hydrogens (tertiary/aromatic N) is 1. The average molecular weight is 315 g/mol. The lowest BCUT2D eigenvalue weighted by molar-refractivity contribution is -0.139. The summed E-state index contributed by atoms with van der Waals surface area (Å²) >= 11 is 0. The van der Waals surface area contributed by atoms with Crippen LogP contribution in [0, 0.1) is 0 Å². The van der Waals surface area contributed by atoms with Gasteiger partial charge < -0.3 is 14.4 Å². The molecule has 0 amide bonds. The van der Waals surface area contributed by atoms with E-state index in [-0.39, 0.29) is 6.42 Å². The Morgan fingerprint density at radius 3 is 1.96 bits per heavy atom. The molecule has 0 atom stereocenters. The summed E-state index contributed by atoms with van der Waals surface area (Å²) in [5.41, 5.74) is 1.98. The van der Waals surface area contributed by atoms with Crippen molar-refractivity contribution in [2.24, 2.45) is 0 Å². The van der Waals surface area contributed by atoms with Crippen molar-refractivity contribution in [3.05, 3.63) is 59.4 Å². The Morgan fingerprint density at radius 1 is 0.957 bits per heavy atom. The van der Waals surface area contributed by atoms with Crippen LogP contribution in [-0.2, 0) is 25.6 Å². The van der Waals surface area contributed by atoms with E-state index >= 15 is 0 Å². The lowest BCUT2D eigenvalue weighted by atomic mass is 10.0. The molecule has 1 heterocycles. The summed E-state index contributed by atoms with van der Waals surface area (Å²) < 4.78 is 10.1. The maximum Gasteiger partial charge on any atom is 0.335 e. The second kappa shape index (κ2) is 8.17. The highest BCUT2D eigenvalue weighted by Crippen LogP contribution is 2.23. The maximum absolute atomic E-state index is 12.0. The summed E-state index contributed by atoms with van der Waals surface area (Å²) in [7, 11) is 0. The quantitative estimate of drug-likeness (QED) is 0.756. The van der Waals surface area contributed by atoms with Crippen LogP contribution < -0.4 is 0 Å². The number of esters is 2. The fourth-order valence-electron chi connectivity index (χ4n) is 2.32. The minimum absolute atomic E-state index is 0.225. The van der Waals surface area contributed by atoms with Crippen LogP contribution in [0.25, 0.3) is 0 Å². The Kier molecular flexibility index (Phi) is 5.97. The van der Waals surface area contributed by atoms with Gasteiger partial charge in [0.15, 0.2) is 0 Å². The van der Waals surface area contributed by atoms with Gasteiger partial charge in [-0.25, -0.2) is 9.59 Å². The fraction of sp³-hybridized carbons (Fsp3) is 0.333. The molecule has 0 radical (unpaired) electrons. The van der Waals surface area contributed by atoms with E-state index in [0.29, 0.717) is 30.9 Å². The van der Waals surface area contributed by atoms with Crippen LogP contribution in [0.1, 0.15) is 25.8 Å². The van der Waals surface area contributed by atoms with Crippen molar-refractivity contribution in [1.29, 1.82) is 0 Å². The molecule has 0 spiro atoms. The molecule has 0 saturated heterocycles. The van der Waals surface area contributed by atoms with Gasteiger partial charge in [-0.1, -0.05) is 30.3 Å². The maximum atomic E-state index is 12.0. The highest BCUT2D eigenvalue weighted by atomic mass is 16.5. The van der Waals surface area contributed by atoms with Crippen LogP contribution in [0.5, 0.6) is 0 Å². The third-order valence-electron chi connectivity index (χ3n) is 3.31. The lowest BCUT2D eigenvalue weighted by Crippen LogP contribution is -2.23. The molecule has 1 aromatic rings. The largest absolute Gasteiger partial charge is 0.463 e. The second-order valence-corrected chi connectivity index (χ2v) is 5.08. The summed E-state index contributed by atoms with van der Waals surface area (Å²) in [5, 5.41) is 0. The first kappa shape index (κ1) is 16.8. The molecule has 0 fully saturated rings. The Labute approximate surface area is 136 Å². The van der Waals surface area contributed by atoms with Crippen LogP contribution in [0.2, 0.25) is 0 Å². The monoisotopic (exact) mass is 315 g/mol. The SMILES string of the molecule is CCOC(=O)C1=CN(Cc2ccccc2)C=C(C(=O)OCC)C1. The van der Waals surface area contributed by atoms with Crippen molar-refractivity contribution < 1.29 is 19.1 Å². The summed E-state index contributed by atoms with van der Waals surface area (Å²) in [6.07, 6.45) is 3.68. The van der Waals surface area contributed by atoms with Gasteiger partial charge in [0.05, 0.1) is 24.4 Å². The van der Waals surface area contributed by atoms with Crippen molar-refractivity contribution in [2.75, 3.05) is 13.2 Å². The Morgan fingerprint density at radius 2 is 1.48 bits per heavy atom. The summed E-state index contributed by atoms with van der Waals surface area (Å²) in [5.74, 6) is -0.805. The number of hydrogen-bond acceptors (Lipinski definition) is 5. The zero-order valence-electron chi connectivity index (χ0n) is 13.5. The van der Waals surface area contributed by atoms with E-state index in [4.69, 9.17) is 9.47 Å². The van der Waals surface area contributed by atoms with Gasteiger partial charge in [0.25, 0.3) is 0 Å². The lowest BCUT2D eigenvalue weighted by Gasteiger charge is -2.24. The molecule has 1 aliphatic heterocycles. The van der Waals surface area contributed by atoms with E-state index < -0.39 is 11.9 Å². The predicted molar refractivity (Wildman–Crippen MR) is 86.0 cm³/mol. The Balaban J connectivity index is 2.21. The first-order valence-corrected chi connectivity index (χ1v) is 7.69. The normalized spacial score (nSPS) is 13.9. The van der Waals surface area contributed by atoms with Crippen molar-refractivity contribution in [2.45, 2.75) is 26.8 Å². The summed E-state index contributed by atoms with van der Waals surface area (Å²) in [6, 6.07) is 9.82. The van der Waals surface area contributed by atoms with Gasteiger partial charge >= 0.3 is 11.9 Å². The molecule has 0 N–H and O–H groups in total. The van der Waals surface area contributed by atoms with E-state index in [2.05, 4.69) is 0 Å². The first-order chi connectivity index (χ1) is 11.1. The van der Waals surface area contributed by atoms with Crippen LogP contribution in [-0.4, -0.2) is 30.1 Å². The predicted octanol–water partition coefficient (Wildman–Crippen LogP) is 2.79. The van der Waals surface area contributed by atoms with E-state index in [1.807, 2.05) is 35.2 Å². The minimum atomic E-state index is -0.402. The number of carbonyl (C=O) groups is 2. The molecular weight excluding hydrogens is 294 g/mol. The van der Waals surface area contributed by atoms with Gasteiger partial charge in [-0.05, 0) is 19.4 Å². The van der Waals surface area contributed by atoms with E-state index in [9.17, 15) is 9.59 Å². The number of rotatable bonds is 6. The number of carbonyl (C=O) groups excluding carboxylic acids is 2. The third kappa shape index (κ3) is 4.71. The molecule has 23 heavy (non-hydrogen) atoms. The van der Waals surface area contributed by atoms with E-state index in [0.717, 1.165) is 5.56 Å². The van der Waals surface area contributed by atoms with Crippen molar-refractivity contribution in [3.8, 4) is 0 Å². The van der Waals surface area contributed by atoms with Gasteiger partial charge in [-0.15, -0.1) is 0 Å². The van der Waals surface area contributed by atoms with Crippen LogP contribution in [0.15, 0.2) is 53.9 Å². The van der Waals surface area contributed by atoms with E-state index in [1.54, 1.807) is 26.2 Å². The molecule has 0 bridgehead atoms. The van der Waals surface area contributed by atoms with Crippen LogP contribution in [0.3, 0.4) is 0 Å². The van der Waals surface area contributed by atoms with Crippen molar-refractivity contribution in [1.82, 2.24) is 4.90 Å². The van der Waals surface area contributed by atoms with Gasteiger partial charge in [0.1, 0.15) is 0 Å². The van der Waals surface area contributed by atoms with Gasteiger partial charge in [0.2, 0.25) is 0 Å². The molecule has 5 heteroatoms. The Bertz CT molecular complexity index is 585. The van der Waals surface area contributed by atoms with Crippen molar-refractivity contribution >= 4 is 11.9 Å². The minimum Gasteiger partial charge on any atom is -0.463 e. The molecule has 0 aliphatic carbocycles. The molecule has 1 aliphatic rings. The van der Waals surface area contributed by atoms with Gasteiger partial charge in [-0.3, -0.25) is 0 Å². The van der Waals surface area contributed by atoms with Gasteiger partial charge in [0, 0.05) is 25.4 Å². The van der Waals surface area contributed by atoms with Crippen LogP contribution in [0.4, 0.5) is 0 Å². The molecule has 0 saturated carbocycles. The smallest absolute Gasteiger partial charge is 0.335 e. The second-order valence-electron chi connectivity index (χ2n) is 5.08. The molecule has 122 valence electrons. The van der Waals surface area contributed by atoms with Crippen LogP contribution >= 0.6 is 0 Å². The highest BCUT2D eigenvalue weighted by molar-refractivity contribution is 5.95. The van der Waals surface area contributed by atoms with Crippen molar-refractivity contribution in [3.63, 3.8) is 0 Å². The average Bonchev–Trinajstić information content (AvgIpc) is 2.56. The zero-order chi connectivity index (χ0) is 16.7. The fourth-order valence-corrected chi connectivity index (χ4v) is 2.32. The molecule has 0 unspecified atom stereocenters. The molecule has 5 nitrogen and oxygen atoms in total. The molecule has 1 aromatic carbocycles. The van der Waals surface area contributed by atoms with E-state index in [1.165, 1.54) is 0 Å². The zero-order valence-corrected chi connectivity index (χ0v) is 13.5. The summed E-state index contributed by atoms with van der Waals surface area (Å²) in [6.45, 7) is 4.67. The molecule has 0 aromatic heterocycles. The third-order valence-corrected chi connectivity index (χ3v) is 3.31. The topological polar surface area (TPSA) is 55.8 Å². The number of benzene rings is 1. The number of ether oxygens (including phenoxy) is 2. The van der Waals surface area contributed by atoms with Gasteiger partial charge in [-0.2, -0.15) is 0 Å². The highest BCUT2D eigenvalue weighted by Gasteiger charge is 2.23. The first-order valence-electron chi connectivity index (χ1n) is 7.69. The number of hydrogen-bond donors (Lipinski definition) is 0. The molecule has 2 rings (SSSR count). The standard InChI is InChI=1S/C18H21NO4/c1-3-22-17(20)15-10-16(18(21)23-4-2)13-19(12-15)11-14-8-6-5-7-9-14/h5-9,12-13H,3-4,10-11H2,1-2H3. The Hall–Kier alpha value is -2.56.